The molecule has 2 heterocycles. The summed E-state index contributed by atoms with van der Waals surface area (Å²) in [6, 6.07) is 3.71. The van der Waals surface area contributed by atoms with Gasteiger partial charge in [-0.1, -0.05) is 11.6 Å². The molecular weight excluding hydrogens is 290 g/mol. The molecule has 3 rings (SSSR count). The molecule has 1 aromatic carbocycles. The second kappa shape index (κ2) is 5.21. The van der Waals surface area contributed by atoms with Crippen LogP contribution in [0.4, 0.5) is 5.95 Å². The molecule has 0 aliphatic heterocycles. The van der Waals surface area contributed by atoms with Gasteiger partial charge in [0.1, 0.15) is 11.3 Å². The zero-order valence-corrected chi connectivity index (χ0v) is 12.6. The average molecular weight is 304 g/mol. The molecule has 0 aliphatic carbocycles. The molecule has 7 heteroatoms. The Balaban J connectivity index is 2.11. The van der Waals surface area contributed by atoms with Gasteiger partial charge < -0.3 is 15.0 Å². The second-order valence-corrected chi connectivity index (χ2v) is 5.11. The lowest BCUT2D eigenvalue weighted by atomic mass is 10.1. The Morgan fingerprint density at radius 1 is 1.19 bits per heavy atom. The lowest BCUT2D eigenvalue weighted by Gasteiger charge is -2.12. The molecule has 0 aliphatic rings. The van der Waals surface area contributed by atoms with E-state index in [1.54, 1.807) is 13.4 Å². The van der Waals surface area contributed by atoms with Gasteiger partial charge in [0, 0.05) is 12.1 Å². The quantitative estimate of drug-likeness (QED) is 0.775. The fourth-order valence-electron chi connectivity index (χ4n) is 2.15. The van der Waals surface area contributed by atoms with Gasteiger partial charge in [0.2, 0.25) is 5.95 Å². The SMILES string of the molecule is CNc1nc(Oc2c(C)cc(Cl)cc2C)c2[nH]cnc2n1. The van der Waals surface area contributed by atoms with E-state index in [0.717, 1.165) is 16.9 Å². The van der Waals surface area contributed by atoms with Crippen molar-refractivity contribution in [3.05, 3.63) is 34.6 Å². The van der Waals surface area contributed by atoms with Gasteiger partial charge >= 0.3 is 0 Å². The maximum atomic E-state index is 6.04. The minimum absolute atomic E-state index is 0.426. The molecule has 108 valence electrons. The fraction of sp³-hybridized carbons (Fsp3) is 0.214. The highest BCUT2D eigenvalue weighted by Crippen LogP contribution is 2.33. The number of aromatic nitrogens is 4. The Kier molecular flexibility index (Phi) is 3.39. The minimum Gasteiger partial charge on any atom is -0.436 e. The Labute approximate surface area is 126 Å². The molecule has 2 aromatic heterocycles. The highest BCUT2D eigenvalue weighted by molar-refractivity contribution is 6.30. The monoisotopic (exact) mass is 303 g/mol. The highest BCUT2D eigenvalue weighted by Gasteiger charge is 2.14. The Morgan fingerprint density at radius 3 is 2.57 bits per heavy atom. The van der Waals surface area contributed by atoms with Gasteiger partial charge in [-0.05, 0) is 37.1 Å². The largest absolute Gasteiger partial charge is 0.436 e. The molecule has 0 saturated heterocycles. The Hall–Kier alpha value is -2.34. The van der Waals surface area contributed by atoms with Crippen molar-refractivity contribution >= 4 is 28.7 Å². The van der Waals surface area contributed by atoms with E-state index < -0.39 is 0 Å². The molecule has 0 spiro atoms. The van der Waals surface area contributed by atoms with Crippen LogP contribution in [0.5, 0.6) is 11.6 Å². The molecule has 6 nitrogen and oxygen atoms in total. The lowest BCUT2D eigenvalue weighted by Crippen LogP contribution is -2.00. The molecule has 0 radical (unpaired) electrons. The van der Waals surface area contributed by atoms with Crippen LogP contribution in [-0.4, -0.2) is 27.0 Å². The summed E-state index contributed by atoms with van der Waals surface area (Å²) in [6.45, 7) is 3.89. The molecule has 0 unspecified atom stereocenters. The third-order valence-electron chi connectivity index (χ3n) is 3.10. The molecule has 21 heavy (non-hydrogen) atoms. The molecule has 0 amide bonds. The summed E-state index contributed by atoms with van der Waals surface area (Å²) in [5.41, 5.74) is 3.09. The summed E-state index contributed by atoms with van der Waals surface area (Å²) in [4.78, 5) is 15.7. The van der Waals surface area contributed by atoms with Gasteiger partial charge in [-0.2, -0.15) is 9.97 Å². The van der Waals surface area contributed by atoms with Crippen molar-refractivity contribution in [2.24, 2.45) is 0 Å². The number of hydrogen-bond donors (Lipinski definition) is 2. The van der Waals surface area contributed by atoms with Crippen LogP contribution < -0.4 is 10.1 Å². The first-order valence-corrected chi connectivity index (χ1v) is 6.79. The number of anilines is 1. The topological polar surface area (TPSA) is 75.7 Å². The smallest absolute Gasteiger partial charge is 0.250 e. The van der Waals surface area contributed by atoms with E-state index in [0.29, 0.717) is 28.0 Å². The van der Waals surface area contributed by atoms with Gasteiger partial charge in [-0.3, -0.25) is 0 Å². The third-order valence-corrected chi connectivity index (χ3v) is 3.32. The van der Waals surface area contributed by atoms with Crippen LogP contribution in [0.15, 0.2) is 18.5 Å². The molecule has 3 aromatic rings. The van der Waals surface area contributed by atoms with E-state index in [2.05, 4.69) is 25.3 Å². The molecule has 0 bridgehead atoms. The van der Waals surface area contributed by atoms with Crippen LogP contribution in [0.25, 0.3) is 11.2 Å². The van der Waals surface area contributed by atoms with Gasteiger partial charge in [-0.25, -0.2) is 4.98 Å². The average Bonchev–Trinajstić information content (AvgIpc) is 2.90. The van der Waals surface area contributed by atoms with Gasteiger partial charge in [0.15, 0.2) is 5.65 Å². The first-order chi connectivity index (χ1) is 10.1. The van der Waals surface area contributed by atoms with Gasteiger partial charge in [0.05, 0.1) is 6.33 Å². The van der Waals surface area contributed by atoms with Crippen molar-refractivity contribution < 1.29 is 4.74 Å². The maximum Gasteiger partial charge on any atom is 0.250 e. The predicted octanol–water partition coefficient (Wildman–Crippen LogP) is 3.46. The van der Waals surface area contributed by atoms with Crippen molar-refractivity contribution in [1.82, 2.24) is 19.9 Å². The van der Waals surface area contributed by atoms with Crippen LogP contribution >= 0.6 is 11.6 Å². The van der Waals surface area contributed by atoms with Crippen molar-refractivity contribution in [3.8, 4) is 11.6 Å². The summed E-state index contributed by atoms with van der Waals surface area (Å²) in [5.74, 6) is 1.61. The number of aryl methyl sites for hydroxylation is 2. The van der Waals surface area contributed by atoms with Crippen LogP contribution in [0, 0.1) is 13.8 Å². The van der Waals surface area contributed by atoms with E-state index in [9.17, 15) is 0 Å². The Bertz CT molecular complexity index is 791. The molecule has 0 fully saturated rings. The summed E-state index contributed by atoms with van der Waals surface area (Å²) >= 11 is 6.04. The summed E-state index contributed by atoms with van der Waals surface area (Å²) in [5, 5.41) is 3.58. The number of ether oxygens (including phenoxy) is 1. The van der Waals surface area contributed by atoms with E-state index in [1.165, 1.54) is 0 Å². The summed E-state index contributed by atoms with van der Waals surface area (Å²) in [6.07, 6.45) is 1.56. The van der Waals surface area contributed by atoms with Crippen molar-refractivity contribution in [2.75, 3.05) is 12.4 Å². The number of hydrogen-bond acceptors (Lipinski definition) is 5. The van der Waals surface area contributed by atoms with Crippen LogP contribution in [-0.2, 0) is 0 Å². The zero-order valence-electron chi connectivity index (χ0n) is 11.9. The predicted molar refractivity (Wildman–Crippen MR) is 82.2 cm³/mol. The standard InChI is InChI=1S/C14H14ClN5O/c1-7-4-9(15)5-8(2)11(7)21-13-10-12(18-6-17-10)19-14(16-3)20-13/h4-6H,1-3H3,(H2,16,17,18,19,20). The van der Waals surface area contributed by atoms with E-state index in [4.69, 9.17) is 16.3 Å². The number of rotatable bonds is 3. The third kappa shape index (κ3) is 2.50. The van der Waals surface area contributed by atoms with Crippen LogP contribution in [0.1, 0.15) is 11.1 Å². The summed E-state index contributed by atoms with van der Waals surface area (Å²) < 4.78 is 5.99. The second-order valence-electron chi connectivity index (χ2n) is 4.67. The van der Waals surface area contributed by atoms with E-state index >= 15 is 0 Å². The van der Waals surface area contributed by atoms with Crippen LogP contribution in [0.2, 0.25) is 5.02 Å². The van der Waals surface area contributed by atoms with Crippen molar-refractivity contribution in [1.29, 1.82) is 0 Å². The molecule has 2 N–H and O–H groups in total. The number of nitrogens with zero attached hydrogens (tertiary/aromatic N) is 3. The van der Waals surface area contributed by atoms with Crippen molar-refractivity contribution in [3.63, 3.8) is 0 Å². The number of nitrogens with one attached hydrogen (secondary N) is 2. The number of aromatic amines is 1. The highest BCUT2D eigenvalue weighted by atomic mass is 35.5. The van der Waals surface area contributed by atoms with Crippen molar-refractivity contribution in [2.45, 2.75) is 13.8 Å². The van der Waals surface area contributed by atoms with Crippen LogP contribution in [0.3, 0.4) is 0 Å². The summed E-state index contributed by atoms with van der Waals surface area (Å²) in [7, 11) is 1.75. The molecular formula is C14H14ClN5O. The first kappa shape index (κ1) is 13.6. The van der Waals surface area contributed by atoms with Gasteiger partial charge in [-0.15, -0.1) is 0 Å². The lowest BCUT2D eigenvalue weighted by molar-refractivity contribution is 0.461. The number of benzene rings is 1. The first-order valence-electron chi connectivity index (χ1n) is 6.42. The minimum atomic E-state index is 0.426. The van der Waals surface area contributed by atoms with E-state index in [-0.39, 0.29) is 0 Å². The van der Waals surface area contributed by atoms with Gasteiger partial charge in [0.25, 0.3) is 5.88 Å². The Morgan fingerprint density at radius 2 is 1.90 bits per heavy atom. The molecule has 0 atom stereocenters. The normalized spacial score (nSPS) is 10.9. The number of imidazole rings is 1. The molecule has 0 saturated carbocycles. The maximum absolute atomic E-state index is 6.04. The number of H-pyrrole nitrogens is 1. The number of halogens is 1. The fourth-order valence-corrected chi connectivity index (χ4v) is 2.47. The number of fused-ring (bicyclic) bond motifs is 1. The van der Waals surface area contributed by atoms with E-state index in [1.807, 2.05) is 26.0 Å². The zero-order chi connectivity index (χ0) is 15.0.